The molecule has 1 aromatic heterocycles. The van der Waals surface area contributed by atoms with Crippen LogP contribution in [0, 0.1) is 20.2 Å². The SMILES string of the molecule is O=c1[nH]c(-c2ccccc2)nc2c1CN(Cc1ccc([N+](=O)[O-])cc1[N+](=O)[O-])CC2. The predicted molar refractivity (Wildman–Crippen MR) is 108 cm³/mol. The number of benzene rings is 2. The quantitative estimate of drug-likeness (QED) is 0.507. The standard InChI is InChI=1S/C20H17N5O5/c26-20-16-12-23(11-14-6-7-15(24(27)28)10-18(14)25(29)30)9-8-17(16)21-19(22-20)13-4-2-1-3-5-13/h1-7,10H,8-9,11-12H2,(H,21,22,26). The maximum Gasteiger partial charge on any atom is 0.280 e. The minimum atomic E-state index is -0.663. The molecule has 0 saturated carbocycles. The van der Waals surface area contributed by atoms with Crippen molar-refractivity contribution in [3.63, 3.8) is 0 Å². The lowest BCUT2D eigenvalue weighted by Gasteiger charge is -2.27. The minimum Gasteiger partial charge on any atom is -0.306 e. The van der Waals surface area contributed by atoms with E-state index in [1.165, 1.54) is 12.1 Å². The Morgan fingerprint density at radius 2 is 1.83 bits per heavy atom. The maximum atomic E-state index is 12.6. The Bertz CT molecular complexity index is 1190. The van der Waals surface area contributed by atoms with Gasteiger partial charge in [-0.15, -0.1) is 0 Å². The Kier molecular flexibility index (Phi) is 5.07. The van der Waals surface area contributed by atoms with E-state index in [9.17, 15) is 25.0 Å². The van der Waals surface area contributed by atoms with Gasteiger partial charge in [-0.2, -0.15) is 0 Å². The minimum absolute atomic E-state index is 0.202. The Morgan fingerprint density at radius 3 is 2.53 bits per heavy atom. The number of H-pyrrole nitrogens is 1. The molecule has 0 spiro atoms. The van der Waals surface area contributed by atoms with Gasteiger partial charge in [-0.3, -0.25) is 29.9 Å². The first-order valence-electron chi connectivity index (χ1n) is 9.24. The molecule has 1 N–H and O–H groups in total. The maximum absolute atomic E-state index is 12.6. The zero-order chi connectivity index (χ0) is 21.3. The molecular weight excluding hydrogens is 390 g/mol. The average molecular weight is 407 g/mol. The topological polar surface area (TPSA) is 135 Å². The molecule has 3 aromatic rings. The van der Waals surface area contributed by atoms with Crippen LogP contribution in [0.4, 0.5) is 11.4 Å². The highest BCUT2D eigenvalue weighted by Crippen LogP contribution is 2.27. The number of aromatic nitrogens is 2. The summed E-state index contributed by atoms with van der Waals surface area (Å²) in [5, 5.41) is 22.3. The van der Waals surface area contributed by atoms with Crippen molar-refractivity contribution in [3.05, 3.63) is 95.9 Å². The summed E-state index contributed by atoms with van der Waals surface area (Å²) < 4.78 is 0. The molecule has 0 bridgehead atoms. The van der Waals surface area contributed by atoms with Gasteiger partial charge >= 0.3 is 0 Å². The zero-order valence-corrected chi connectivity index (χ0v) is 15.8. The summed E-state index contributed by atoms with van der Waals surface area (Å²) in [5.74, 6) is 0.513. The number of nitrogens with one attached hydrogen (secondary N) is 1. The van der Waals surface area contributed by atoms with E-state index in [0.717, 1.165) is 11.6 Å². The molecule has 0 fully saturated rings. The van der Waals surface area contributed by atoms with Crippen molar-refractivity contribution in [3.8, 4) is 11.4 Å². The molecular formula is C20H17N5O5. The van der Waals surface area contributed by atoms with Gasteiger partial charge in [-0.05, 0) is 6.07 Å². The first-order chi connectivity index (χ1) is 14.4. The van der Waals surface area contributed by atoms with Crippen LogP contribution in [0.25, 0.3) is 11.4 Å². The molecule has 0 unspecified atom stereocenters. The molecule has 0 amide bonds. The highest BCUT2D eigenvalue weighted by atomic mass is 16.6. The van der Waals surface area contributed by atoms with Gasteiger partial charge in [0, 0.05) is 43.2 Å². The molecule has 152 valence electrons. The van der Waals surface area contributed by atoms with E-state index in [-0.39, 0.29) is 23.5 Å². The second-order valence-corrected chi connectivity index (χ2v) is 6.99. The van der Waals surface area contributed by atoms with Crippen LogP contribution in [0.1, 0.15) is 16.8 Å². The molecule has 10 nitrogen and oxygen atoms in total. The average Bonchev–Trinajstić information content (AvgIpc) is 2.74. The van der Waals surface area contributed by atoms with E-state index in [1.807, 2.05) is 35.2 Å². The van der Waals surface area contributed by atoms with Gasteiger partial charge in [0.15, 0.2) is 0 Å². The highest BCUT2D eigenvalue weighted by Gasteiger charge is 2.25. The van der Waals surface area contributed by atoms with Gasteiger partial charge in [0.1, 0.15) is 5.82 Å². The number of nitro benzene ring substituents is 2. The smallest absolute Gasteiger partial charge is 0.280 e. The van der Waals surface area contributed by atoms with E-state index in [2.05, 4.69) is 9.97 Å². The molecule has 2 aromatic carbocycles. The molecule has 30 heavy (non-hydrogen) atoms. The van der Waals surface area contributed by atoms with Crippen LogP contribution in [-0.2, 0) is 19.5 Å². The lowest BCUT2D eigenvalue weighted by molar-refractivity contribution is -0.394. The van der Waals surface area contributed by atoms with Crippen molar-refractivity contribution in [2.24, 2.45) is 0 Å². The predicted octanol–water partition coefficient (Wildman–Crippen LogP) is 2.81. The van der Waals surface area contributed by atoms with Crippen molar-refractivity contribution >= 4 is 11.4 Å². The van der Waals surface area contributed by atoms with Crippen molar-refractivity contribution in [2.75, 3.05) is 6.54 Å². The lowest BCUT2D eigenvalue weighted by atomic mass is 10.0. The van der Waals surface area contributed by atoms with E-state index in [1.54, 1.807) is 0 Å². The Balaban J connectivity index is 1.59. The molecule has 0 radical (unpaired) electrons. The molecule has 1 aliphatic heterocycles. The lowest BCUT2D eigenvalue weighted by Crippen LogP contribution is -2.35. The normalized spacial score (nSPS) is 13.6. The first kappa shape index (κ1) is 19.4. The van der Waals surface area contributed by atoms with E-state index < -0.39 is 9.85 Å². The number of non-ortho nitro benzene ring substituents is 1. The monoisotopic (exact) mass is 407 g/mol. The van der Waals surface area contributed by atoms with Crippen LogP contribution in [0.2, 0.25) is 0 Å². The first-order valence-corrected chi connectivity index (χ1v) is 9.24. The molecule has 0 atom stereocenters. The van der Waals surface area contributed by atoms with Gasteiger partial charge < -0.3 is 4.98 Å². The number of fused-ring (bicyclic) bond motifs is 1. The van der Waals surface area contributed by atoms with Gasteiger partial charge in [0.05, 0.1) is 27.2 Å². The highest BCUT2D eigenvalue weighted by molar-refractivity contribution is 5.55. The Hall–Kier alpha value is -3.92. The summed E-state index contributed by atoms with van der Waals surface area (Å²) in [6, 6.07) is 13.0. The second-order valence-electron chi connectivity index (χ2n) is 6.99. The van der Waals surface area contributed by atoms with Crippen molar-refractivity contribution in [1.29, 1.82) is 0 Å². The number of aromatic amines is 1. The molecule has 4 rings (SSSR count). The van der Waals surface area contributed by atoms with Gasteiger partial charge in [-0.1, -0.05) is 30.3 Å². The van der Waals surface area contributed by atoms with E-state index >= 15 is 0 Å². The van der Waals surface area contributed by atoms with Crippen LogP contribution >= 0.6 is 0 Å². The summed E-state index contributed by atoms with van der Waals surface area (Å²) in [5.41, 5.74) is 1.56. The molecule has 10 heteroatoms. The number of nitrogens with zero attached hydrogens (tertiary/aromatic N) is 4. The number of hydrogen-bond acceptors (Lipinski definition) is 7. The third-order valence-electron chi connectivity index (χ3n) is 5.07. The summed E-state index contributed by atoms with van der Waals surface area (Å²) in [7, 11) is 0. The number of hydrogen-bond donors (Lipinski definition) is 1. The van der Waals surface area contributed by atoms with E-state index in [4.69, 9.17) is 0 Å². The van der Waals surface area contributed by atoms with Crippen molar-refractivity contribution in [2.45, 2.75) is 19.5 Å². The number of rotatable bonds is 5. The zero-order valence-electron chi connectivity index (χ0n) is 15.8. The van der Waals surface area contributed by atoms with Crippen molar-refractivity contribution in [1.82, 2.24) is 14.9 Å². The fourth-order valence-corrected chi connectivity index (χ4v) is 3.56. The fraction of sp³-hybridized carbons (Fsp3) is 0.200. The second kappa shape index (κ2) is 7.84. The summed E-state index contributed by atoms with van der Waals surface area (Å²) in [6.07, 6.45) is 0.528. The summed E-state index contributed by atoms with van der Waals surface area (Å²) >= 11 is 0. The molecule has 0 saturated heterocycles. The van der Waals surface area contributed by atoms with Gasteiger partial charge in [-0.25, -0.2) is 4.98 Å². The summed E-state index contributed by atoms with van der Waals surface area (Å²) in [4.78, 5) is 42.9. The van der Waals surface area contributed by atoms with Crippen LogP contribution in [-0.4, -0.2) is 31.3 Å². The van der Waals surface area contributed by atoms with Crippen LogP contribution < -0.4 is 5.56 Å². The third kappa shape index (κ3) is 3.80. The summed E-state index contributed by atoms with van der Waals surface area (Å²) in [6.45, 7) is 1.06. The Labute approximate surface area is 170 Å². The number of nitro groups is 2. The third-order valence-corrected chi connectivity index (χ3v) is 5.07. The molecule has 1 aliphatic rings. The van der Waals surface area contributed by atoms with Crippen LogP contribution in [0.5, 0.6) is 0 Å². The fourth-order valence-electron chi connectivity index (χ4n) is 3.56. The van der Waals surface area contributed by atoms with E-state index in [0.29, 0.717) is 42.2 Å². The largest absolute Gasteiger partial charge is 0.306 e. The molecule has 2 heterocycles. The van der Waals surface area contributed by atoms with Crippen LogP contribution in [0.15, 0.2) is 53.3 Å². The van der Waals surface area contributed by atoms with Gasteiger partial charge in [0.2, 0.25) is 0 Å². The van der Waals surface area contributed by atoms with Gasteiger partial charge in [0.25, 0.3) is 16.9 Å². The Morgan fingerprint density at radius 1 is 1.07 bits per heavy atom. The van der Waals surface area contributed by atoms with Crippen LogP contribution in [0.3, 0.4) is 0 Å². The van der Waals surface area contributed by atoms with Crippen molar-refractivity contribution < 1.29 is 9.85 Å². The molecule has 0 aliphatic carbocycles.